The average molecular weight is 232 g/mol. The Morgan fingerprint density at radius 2 is 2.06 bits per heavy atom. The topological polar surface area (TPSA) is 57.3 Å². The zero-order valence-corrected chi connectivity index (χ0v) is 9.94. The maximum Gasteiger partial charge on any atom is 0.508 e. The first-order valence-electron chi connectivity index (χ1n) is 5.34. The van der Waals surface area contributed by atoms with Crippen LogP contribution in [0, 0.1) is 0 Å². The van der Waals surface area contributed by atoms with E-state index in [4.69, 9.17) is 9.47 Å². The highest BCUT2D eigenvalue weighted by atomic mass is 16.7. The number of carbonyl (C=O) groups is 1. The molecular weight excluding hydrogens is 212 g/mol. The summed E-state index contributed by atoms with van der Waals surface area (Å²) in [6.45, 7) is 10.2. The molecule has 1 rings (SSSR count). The number of ether oxygens (including phenoxy) is 4. The fourth-order valence-electron chi connectivity index (χ4n) is 0.698. The van der Waals surface area contributed by atoms with Crippen molar-refractivity contribution in [1.29, 1.82) is 0 Å². The Hall–Kier alpha value is -1.07. The molecule has 94 valence electrons. The molecule has 1 saturated heterocycles. The van der Waals surface area contributed by atoms with Crippen LogP contribution in [-0.2, 0) is 18.9 Å². The molecule has 16 heavy (non-hydrogen) atoms. The van der Waals surface area contributed by atoms with Crippen LogP contribution in [0.25, 0.3) is 0 Å². The molecule has 0 spiro atoms. The Labute approximate surface area is 96.3 Å². The summed E-state index contributed by atoms with van der Waals surface area (Å²) in [6.07, 6.45) is 0.904. The zero-order valence-electron chi connectivity index (χ0n) is 9.94. The van der Waals surface area contributed by atoms with Crippen LogP contribution < -0.4 is 0 Å². The molecule has 0 amide bonds. The standard InChI is InChI=1S/C7H10O4.C4H10O/c1-2-3-9-7(8)11-5-6-4-10-6;1-3-5-4-2/h2,6H,1,3-5H2;3-4H2,1-2H3. The van der Waals surface area contributed by atoms with Crippen molar-refractivity contribution < 1.29 is 23.7 Å². The summed E-state index contributed by atoms with van der Waals surface area (Å²) in [5, 5.41) is 0. The van der Waals surface area contributed by atoms with Gasteiger partial charge in [-0.15, -0.1) is 0 Å². The normalized spacial score (nSPS) is 16.8. The van der Waals surface area contributed by atoms with Gasteiger partial charge in [0, 0.05) is 13.2 Å². The van der Waals surface area contributed by atoms with E-state index < -0.39 is 6.16 Å². The van der Waals surface area contributed by atoms with Gasteiger partial charge in [0.25, 0.3) is 0 Å². The molecule has 0 aliphatic carbocycles. The molecule has 1 aliphatic rings. The van der Waals surface area contributed by atoms with Gasteiger partial charge in [-0.25, -0.2) is 4.79 Å². The molecule has 1 unspecified atom stereocenters. The smallest absolute Gasteiger partial charge is 0.431 e. The molecule has 0 aromatic heterocycles. The van der Waals surface area contributed by atoms with Gasteiger partial charge in [-0.05, 0) is 13.8 Å². The van der Waals surface area contributed by atoms with E-state index in [1.54, 1.807) is 0 Å². The lowest BCUT2D eigenvalue weighted by molar-refractivity contribution is 0.0581. The molecule has 5 nitrogen and oxygen atoms in total. The maximum absolute atomic E-state index is 10.6. The van der Waals surface area contributed by atoms with E-state index >= 15 is 0 Å². The van der Waals surface area contributed by atoms with E-state index in [1.807, 2.05) is 13.8 Å². The van der Waals surface area contributed by atoms with E-state index in [0.29, 0.717) is 6.61 Å². The van der Waals surface area contributed by atoms with Crippen molar-refractivity contribution in [1.82, 2.24) is 0 Å². The van der Waals surface area contributed by atoms with Gasteiger partial charge in [0.1, 0.15) is 19.3 Å². The largest absolute Gasteiger partial charge is 0.508 e. The highest BCUT2D eigenvalue weighted by molar-refractivity contribution is 5.59. The molecule has 0 aromatic carbocycles. The van der Waals surface area contributed by atoms with E-state index in [9.17, 15) is 4.79 Å². The fourth-order valence-corrected chi connectivity index (χ4v) is 0.698. The van der Waals surface area contributed by atoms with E-state index in [2.05, 4.69) is 16.1 Å². The van der Waals surface area contributed by atoms with Crippen LogP contribution in [0.5, 0.6) is 0 Å². The third kappa shape index (κ3) is 11.0. The third-order valence-electron chi connectivity index (χ3n) is 1.52. The van der Waals surface area contributed by atoms with E-state index in [1.165, 1.54) is 6.08 Å². The Balaban J connectivity index is 0.000000385. The predicted octanol–water partition coefficient (Wildman–Crippen LogP) is 1.77. The second kappa shape index (κ2) is 10.4. The fraction of sp³-hybridized carbons (Fsp3) is 0.727. The SMILES string of the molecule is C=CCOC(=O)OCC1CO1.CCOCC. The lowest BCUT2D eigenvalue weighted by Gasteiger charge is -2.00. The van der Waals surface area contributed by atoms with Crippen LogP contribution in [0.1, 0.15) is 13.8 Å². The van der Waals surface area contributed by atoms with Crippen molar-refractivity contribution in [2.24, 2.45) is 0 Å². The van der Waals surface area contributed by atoms with Crippen molar-refractivity contribution in [3.8, 4) is 0 Å². The number of hydrogen-bond donors (Lipinski definition) is 0. The van der Waals surface area contributed by atoms with Crippen LogP contribution in [0.3, 0.4) is 0 Å². The Kier molecular flexibility index (Phi) is 9.75. The third-order valence-corrected chi connectivity index (χ3v) is 1.52. The van der Waals surface area contributed by atoms with Gasteiger partial charge in [-0.2, -0.15) is 0 Å². The molecule has 0 aromatic rings. The van der Waals surface area contributed by atoms with Crippen molar-refractivity contribution in [2.45, 2.75) is 20.0 Å². The summed E-state index contributed by atoms with van der Waals surface area (Å²) in [6, 6.07) is 0. The molecule has 1 fully saturated rings. The molecule has 1 aliphatic heterocycles. The number of carbonyl (C=O) groups excluding carboxylic acids is 1. The van der Waals surface area contributed by atoms with Gasteiger partial charge in [-0.3, -0.25) is 0 Å². The molecule has 0 bridgehead atoms. The predicted molar refractivity (Wildman–Crippen MR) is 59.4 cm³/mol. The Morgan fingerprint density at radius 3 is 2.44 bits per heavy atom. The summed E-state index contributed by atoms with van der Waals surface area (Å²) in [5.41, 5.74) is 0. The van der Waals surface area contributed by atoms with Gasteiger partial charge in [0.15, 0.2) is 0 Å². The van der Waals surface area contributed by atoms with Gasteiger partial charge in [0.05, 0.1) is 6.61 Å². The van der Waals surface area contributed by atoms with Gasteiger partial charge >= 0.3 is 6.16 Å². The first-order chi connectivity index (χ1) is 7.74. The summed E-state index contributed by atoms with van der Waals surface area (Å²) >= 11 is 0. The van der Waals surface area contributed by atoms with Crippen LogP contribution in [-0.4, -0.2) is 45.3 Å². The van der Waals surface area contributed by atoms with Gasteiger partial charge in [0.2, 0.25) is 0 Å². The zero-order chi connectivity index (χ0) is 12.2. The lowest BCUT2D eigenvalue weighted by Crippen LogP contribution is -2.11. The van der Waals surface area contributed by atoms with E-state index in [0.717, 1.165) is 13.2 Å². The number of rotatable bonds is 6. The summed E-state index contributed by atoms with van der Waals surface area (Å²) < 4.78 is 18.8. The molecule has 0 radical (unpaired) electrons. The highest BCUT2D eigenvalue weighted by Gasteiger charge is 2.24. The minimum atomic E-state index is -0.666. The lowest BCUT2D eigenvalue weighted by atomic mass is 10.5. The second-order valence-electron chi connectivity index (χ2n) is 2.90. The van der Waals surface area contributed by atoms with Crippen LogP contribution in [0.4, 0.5) is 4.79 Å². The second-order valence-corrected chi connectivity index (χ2v) is 2.90. The molecular formula is C11H20O5. The van der Waals surface area contributed by atoms with Crippen LogP contribution in [0.2, 0.25) is 0 Å². The first-order valence-corrected chi connectivity index (χ1v) is 5.34. The Bertz CT molecular complexity index is 187. The van der Waals surface area contributed by atoms with Crippen LogP contribution >= 0.6 is 0 Å². The van der Waals surface area contributed by atoms with Crippen molar-refractivity contribution in [3.05, 3.63) is 12.7 Å². The average Bonchev–Trinajstić information content (AvgIpc) is 3.09. The first kappa shape index (κ1) is 14.9. The molecule has 1 heterocycles. The maximum atomic E-state index is 10.6. The van der Waals surface area contributed by atoms with E-state index in [-0.39, 0.29) is 19.3 Å². The molecule has 1 atom stereocenters. The van der Waals surface area contributed by atoms with Crippen molar-refractivity contribution in [3.63, 3.8) is 0 Å². The Morgan fingerprint density at radius 1 is 1.44 bits per heavy atom. The summed E-state index contributed by atoms with van der Waals surface area (Å²) in [7, 11) is 0. The monoisotopic (exact) mass is 232 g/mol. The number of epoxide rings is 1. The van der Waals surface area contributed by atoms with Gasteiger partial charge < -0.3 is 18.9 Å². The van der Waals surface area contributed by atoms with Crippen LogP contribution in [0.15, 0.2) is 12.7 Å². The van der Waals surface area contributed by atoms with Crippen molar-refractivity contribution in [2.75, 3.05) is 33.0 Å². The summed E-state index contributed by atoms with van der Waals surface area (Å²) in [4.78, 5) is 10.6. The quantitative estimate of drug-likeness (QED) is 0.397. The minimum Gasteiger partial charge on any atom is -0.431 e. The molecule has 0 saturated carbocycles. The highest BCUT2D eigenvalue weighted by Crippen LogP contribution is 2.08. The molecule has 5 heteroatoms. The minimum absolute atomic E-state index is 0.0891. The van der Waals surface area contributed by atoms with Crippen molar-refractivity contribution >= 4 is 6.16 Å². The molecule has 0 N–H and O–H groups in total. The van der Waals surface area contributed by atoms with Gasteiger partial charge in [-0.1, -0.05) is 12.7 Å². The number of hydrogen-bond acceptors (Lipinski definition) is 5. The summed E-state index contributed by atoms with van der Waals surface area (Å²) in [5.74, 6) is 0.